The minimum atomic E-state index is -0.900. The molecule has 0 spiro atoms. The molecule has 0 aliphatic carbocycles. The third kappa shape index (κ3) is 4.48. The zero-order chi connectivity index (χ0) is 12.7. The van der Waals surface area contributed by atoms with E-state index in [4.69, 9.17) is 5.11 Å². The molecule has 1 amide bonds. The van der Waals surface area contributed by atoms with E-state index in [0.717, 1.165) is 5.69 Å². The average Bonchev–Trinajstić information content (AvgIpc) is 2.30. The Hall–Kier alpha value is -1.49. The molecule has 0 aromatic heterocycles. The maximum Gasteiger partial charge on any atom is 0.305 e. The molecule has 1 rings (SSSR count). The number of para-hydroxylation sites is 1. The fourth-order valence-electron chi connectivity index (χ4n) is 1.41. The molecule has 0 bridgehead atoms. The summed E-state index contributed by atoms with van der Waals surface area (Å²) >= 11 is 1.43. The van der Waals surface area contributed by atoms with Crippen molar-refractivity contribution < 1.29 is 14.7 Å². The first-order valence-corrected chi connectivity index (χ1v) is 6.60. The number of carboxylic acids is 1. The van der Waals surface area contributed by atoms with Crippen LogP contribution in [-0.4, -0.2) is 35.5 Å². The first-order chi connectivity index (χ1) is 8.15. The number of carboxylic acid groups (broad SMARTS) is 1. The van der Waals surface area contributed by atoms with E-state index in [1.54, 1.807) is 12.1 Å². The summed E-state index contributed by atoms with van der Waals surface area (Å²) in [5.41, 5.74) is 0.743. The lowest BCUT2D eigenvalue weighted by Crippen LogP contribution is -2.34. The molecule has 0 atom stereocenters. The molecular formula is C12H15NO3S. The molecule has 0 saturated carbocycles. The Balaban J connectivity index is 2.78. The van der Waals surface area contributed by atoms with Gasteiger partial charge in [-0.05, 0) is 18.4 Å². The normalized spacial score (nSPS) is 9.94. The number of nitrogens with zero attached hydrogens (tertiary/aromatic N) is 1. The Morgan fingerprint density at radius 1 is 1.29 bits per heavy atom. The molecule has 0 unspecified atom stereocenters. The third-order valence-corrected chi connectivity index (χ3v) is 2.72. The lowest BCUT2D eigenvalue weighted by Gasteiger charge is -2.21. The van der Waals surface area contributed by atoms with Crippen molar-refractivity contribution in [1.82, 2.24) is 0 Å². The Morgan fingerprint density at radius 2 is 1.94 bits per heavy atom. The predicted octanol–water partition coefficient (Wildman–Crippen LogP) is 1.86. The monoisotopic (exact) mass is 253 g/mol. The highest BCUT2D eigenvalue weighted by molar-refractivity contribution is 7.99. The molecule has 0 fully saturated rings. The Kier molecular flexibility index (Phi) is 5.56. The van der Waals surface area contributed by atoms with Crippen molar-refractivity contribution in [3.05, 3.63) is 30.3 Å². The van der Waals surface area contributed by atoms with Crippen molar-refractivity contribution in [2.24, 2.45) is 0 Å². The SMILES string of the molecule is CSCC(=O)N(CCC(=O)O)c1ccccc1. The van der Waals surface area contributed by atoms with Gasteiger partial charge in [-0.2, -0.15) is 11.8 Å². The number of rotatable bonds is 6. The number of hydrogen-bond acceptors (Lipinski definition) is 3. The fraction of sp³-hybridized carbons (Fsp3) is 0.333. The predicted molar refractivity (Wildman–Crippen MR) is 69.4 cm³/mol. The smallest absolute Gasteiger partial charge is 0.305 e. The summed E-state index contributed by atoms with van der Waals surface area (Å²) < 4.78 is 0. The number of thioether (sulfide) groups is 1. The number of amides is 1. The van der Waals surface area contributed by atoms with Gasteiger partial charge < -0.3 is 10.0 Å². The molecule has 1 N–H and O–H groups in total. The van der Waals surface area contributed by atoms with E-state index < -0.39 is 5.97 Å². The summed E-state index contributed by atoms with van der Waals surface area (Å²) in [5, 5.41) is 8.68. The van der Waals surface area contributed by atoms with E-state index >= 15 is 0 Å². The average molecular weight is 253 g/mol. The quantitative estimate of drug-likeness (QED) is 0.840. The van der Waals surface area contributed by atoms with Crippen LogP contribution in [-0.2, 0) is 9.59 Å². The molecule has 17 heavy (non-hydrogen) atoms. The van der Waals surface area contributed by atoms with Crippen LogP contribution in [0.5, 0.6) is 0 Å². The van der Waals surface area contributed by atoms with Crippen LogP contribution >= 0.6 is 11.8 Å². The van der Waals surface area contributed by atoms with E-state index in [9.17, 15) is 9.59 Å². The van der Waals surface area contributed by atoms with E-state index in [1.807, 2.05) is 24.5 Å². The van der Waals surface area contributed by atoms with Crippen LogP contribution in [0, 0.1) is 0 Å². The minimum absolute atomic E-state index is 0.0466. The highest BCUT2D eigenvalue weighted by Crippen LogP contribution is 2.15. The van der Waals surface area contributed by atoms with Crippen molar-refractivity contribution in [2.75, 3.05) is 23.5 Å². The van der Waals surface area contributed by atoms with Crippen molar-refractivity contribution in [1.29, 1.82) is 0 Å². The second kappa shape index (κ2) is 6.96. The maximum absolute atomic E-state index is 11.9. The molecule has 0 saturated heterocycles. The van der Waals surface area contributed by atoms with Gasteiger partial charge in [0, 0.05) is 12.2 Å². The lowest BCUT2D eigenvalue weighted by molar-refractivity contribution is -0.136. The molecule has 0 heterocycles. The first kappa shape index (κ1) is 13.6. The molecular weight excluding hydrogens is 238 g/mol. The molecule has 92 valence electrons. The highest BCUT2D eigenvalue weighted by atomic mass is 32.2. The number of carbonyl (C=O) groups excluding carboxylic acids is 1. The van der Waals surface area contributed by atoms with Gasteiger partial charge in [-0.1, -0.05) is 18.2 Å². The summed E-state index contributed by atoms with van der Waals surface area (Å²) in [6.45, 7) is 0.207. The van der Waals surface area contributed by atoms with Crippen LogP contribution in [0.15, 0.2) is 30.3 Å². The number of carbonyl (C=O) groups is 2. The Bertz CT molecular complexity index is 381. The van der Waals surface area contributed by atoms with Crippen LogP contribution in [0.2, 0.25) is 0 Å². The second-order valence-corrected chi connectivity index (χ2v) is 4.32. The summed E-state index contributed by atoms with van der Waals surface area (Å²) in [4.78, 5) is 24.0. The third-order valence-electron chi connectivity index (χ3n) is 2.19. The number of anilines is 1. The maximum atomic E-state index is 11.9. The Morgan fingerprint density at radius 3 is 2.47 bits per heavy atom. The van der Waals surface area contributed by atoms with Crippen LogP contribution in [0.3, 0.4) is 0 Å². The summed E-state index contributed by atoms with van der Waals surface area (Å²) in [7, 11) is 0. The van der Waals surface area contributed by atoms with Gasteiger partial charge in [-0.25, -0.2) is 0 Å². The second-order valence-electron chi connectivity index (χ2n) is 3.46. The highest BCUT2D eigenvalue weighted by Gasteiger charge is 2.15. The number of hydrogen-bond donors (Lipinski definition) is 1. The first-order valence-electron chi connectivity index (χ1n) is 5.21. The van der Waals surface area contributed by atoms with Crippen LogP contribution in [0.1, 0.15) is 6.42 Å². The van der Waals surface area contributed by atoms with Crippen molar-refractivity contribution >= 4 is 29.3 Å². The molecule has 1 aromatic rings. The minimum Gasteiger partial charge on any atom is -0.481 e. The lowest BCUT2D eigenvalue weighted by atomic mass is 10.2. The van der Waals surface area contributed by atoms with Gasteiger partial charge in [-0.3, -0.25) is 9.59 Å². The zero-order valence-corrected chi connectivity index (χ0v) is 10.4. The zero-order valence-electron chi connectivity index (χ0n) is 9.63. The van der Waals surface area contributed by atoms with Crippen molar-refractivity contribution in [2.45, 2.75) is 6.42 Å². The van der Waals surface area contributed by atoms with Gasteiger partial charge >= 0.3 is 5.97 Å². The van der Waals surface area contributed by atoms with Gasteiger partial charge in [0.1, 0.15) is 0 Å². The molecule has 0 aliphatic rings. The summed E-state index contributed by atoms with van der Waals surface area (Å²) in [5.74, 6) is -0.609. The summed E-state index contributed by atoms with van der Waals surface area (Å²) in [6, 6.07) is 9.13. The Labute approximate surface area is 105 Å². The van der Waals surface area contributed by atoms with Gasteiger partial charge in [0.2, 0.25) is 5.91 Å². The van der Waals surface area contributed by atoms with E-state index in [0.29, 0.717) is 5.75 Å². The fourth-order valence-corrected chi connectivity index (χ4v) is 1.82. The molecule has 0 aliphatic heterocycles. The molecule has 4 nitrogen and oxygen atoms in total. The molecule has 0 radical (unpaired) electrons. The standard InChI is InChI=1S/C12H15NO3S/c1-17-9-11(14)13(8-7-12(15)16)10-5-3-2-4-6-10/h2-6H,7-9H2,1H3,(H,15,16). The topological polar surface area (TPSA) is 57.6 Å². The van der Waals surface area contributed by atoms with Gasteiger partial charge in [0.15, 0.2) is 0 Å². The van der Waals surface area contributed by atoms with Gasteiger partial charge in [-0.15, -0.1) is 0 Å². The van der Waals surface area contributed by atoms with Crippen LogP contribution in [0.25, 0.3) is 0 Å². The van der Waals surface area contributed by atoms with E-state index in [-0.39, 0.29) is 18.9 Å². The van der Waals surface area contributed by atoms with E-state index in [1.165, 1.54) is 16.7 Å². The van der Waals surface area contributed by atoms with Gasteiger partial charge in [0.05, 0.1) is 12.2 Å². The summed E-state index contributed by atoms with van der Waals surface area (Å²) in [6.07, 6.45) is 1.80. The number of benzene rings is 1. The van der Waals surface area contributed by atoms with Crippen molar-refractivity contribution in [3.63, 3.8) is 0 Å². The largest absolute Gasteiger partial charge is 0.481 e. The molecule has 1 aromatic carbocycles. The molecule has 5 heteroatoms. The van der Waals surface area contributed by atoms with Crippen LogP contribution in [0.4, 0.5) is 5.69 Å². The van der Waals surface area contributed by atoms with Crippen molar-refractivity contribution in [3.8, 4) is 0 Å². The van der Waals surface area contributed by atoms with Crippen LogP contribution < -0.4 is 4.90 Å². The van der Waals surface area contributed by atoms with Gasteiger partial charge in [0.25, 0.3) is 0 Å². The van der Waals surface area contributed by atoms with E-state index in [2.05, 4.69) is 0 Å². The number of aliphatic carboxylic acids is 1.